The molecule has 1 N–H and O–H groups in total. The molecule has 2 aliphatic heterocycles. The Kier molecular flexibility index (Phi) is 14.4. The highest BCUT2D eigenvalue weighted by Crippen LogP contribution is 2.40. The molecule has 0 radical (unpaired) electrons. The van der Waals surface area contributed by atoms with Gasteiger partial charge in [-0.05, 0) is 108 Å². The fourth-order valence-corrected chi connectivity index (χ4v) is 10.6. The van der Waals surface area contributed by atoms with E-state index in [-0.39, 0.29) is 79.8 Å². The summed E-state index contributed by atoms with van der Waals surface area (Å²) in [6, 6.07) is 25.2. The standard InChI is InChI=1S/C23H17ClF3NO4S.C23H18ClF2NO5S/c24-18-2-1-3-19(27)23(18)21(29)11-14-4-9-22-20(10-14)28(13-16(12-25)32-22)33(30,31)17-7-5-15(26)6-8-17;24-18-2-1-3-19(26)23(18)21(29)11-14-4-9-22-20(10-14)27(12-16(13-28)32-22)33(30,31)17-7-5-15(25)6-8-17/h1-10,16H,11-13H2;1-10,16,28H,11-13H2/t2*16-/m01/s1. The zero-order valence-electron chi connectivity index (χ0n) is 34.0. The number of carbonyl (C=O) groups is 2. The minimum atomic E-state index is -4.19. The summed E-state index contributed by atoms with van der Waals surface area (Å²) in [5, 5.41) is 9.51. The van der Waals surface area contributed by atoms with Crippen LogP contribution in [0.3, 0.4) is 0 Å². The lowest BCUT2D eigenvalue weighted by molar-refractivity contribution is 0.0980. The quantitative estimate of drug-likeness (QED) is 0.0938. The number of sulfonamides is 2. The molecule has 0 saturated heterocycles. The lowest BCUT2D eigenvalue weighted by Gasteiger charge is -2.35. The van der Waals surface area contributed by atoms with Gasteiger partial charge in [-0.3, -0.25) is 18.2 Å². The van der Waals surface area contributed by atoms with E-state index >= 15 is 0 Å². The second kappa shape index (κ2) is 19.8. The van der Waals surface area contributed by atoms with E-state index in [0.717, 1.165) is 69.3 Å². The van der Waals surface area contributed by atoms with Crippen LogP contribution >= 0.6 is 23.2 Å². The van der Waals surface area contributed by atoms with Crippen LogP contribution in [0.4, 0.5) is 33.3 Å². The van der Waals surface area contributed by atoms with Gasteiger partial charge in [-0.25, -0.2) is 38.8 Å². The van der Waals surface area contributed by atoms with Crippen LogP contribution in [0.15, 0.2) is 131 Å². The van der Waals surface area contributed by atoms with Crippen LogP contribution in [0.1, 0.15) is 31.8 Å². The molecule has 0 amide bonds. The normalized spacial score (nSPS) is 15.6. The van der Waals surface area contributed by atoms with Crippen molar-refractivity contribution < 1.29 is 63.0 Å². The van der Waals surface area contributed by atoms with Gasteiger partial charge in [0.2, 0.25) is 0 Å². The van der Waals surface area contributed by atoms with Crippen molar-refractivity contribution in [2.24, 2.45) is 0 Å². The smallest absolute Gasteiger partial charge is 0.264 e. The zero-order chi connectivity index (χ0) is 47.5. The molecular formula is C46H35Cl2F5N2O9S2. The van der Waals surface area contributed by atoms with E-state index in [1.807, 2.05) is 0 Å². The van der Waals surface area contributed by atoms with E-state index in [2.05, 4.69) is 0 Å². The van der Waals surface area contributed by atoms with Crippen LogP contribution in [0.5, 0.6) is 11.5 Å². The molecule has 20 heteroatoms. The third-order valence-electron chi connectivity index (χ3n) is 10.3. The molecule has 2 aliphatic rings. The molecule has 0 bridgehead atoms. The molecular weight excluding hydrogens is 955 g/mol. The van der Waals surface area contributed by atoms with Gasteiger partial charge in [0.05, 0.1) is 62.0 Å². The third-order valence-corrected chi connectivity index (χ3v) is 14.5. The number of ether oxygens (including phenoxy) is 2. The third kappa shape index (κ3) is 10.2. The SMILES string of the molecule is O=C(Cc1ccc2c(c1)N(S(=O)(=O)c1ccc(F)cc1)C[C@H](CF)O2)c1c(F)cccc1Cl.O=C(Cc1ccc2c(c1)N(S(=O)(=O)c1ccc(F)cc1)C[C@H](CO)O2)c1c(F)cccc1Cl. The van der Waals surface area contributed by atoms with Gasteiger partial charge >= 0.3 is 0 Å². The summed E-state index contributed by atoms with van der Waals surface area (Å²) in [6.45, 7) is -1.87. The number of aliphatic hydroxyl groups excluding tert-OH is 1. The summed E-state index contributed by atoms with van der Waals surface area (Å²) in [7, 11) is -8.33. The van der Waals surface area contributed by atoms with Gasteiger partial charge in [-0.15, -0.1) is 0 Å². The van der Waals surface area contributed by atoms with Crippen molar-refractivity contribution in [3.05, 3.63) is 177 Å². The summed E-state index contributed by atoms with van der Waals surface area (Å²) in [5.74, 6) is -3.58. The van der Waals surface area contributed by atoms with Crippen LogP contribution in [0, 0.1) is 23.3 Å². The number of rotatable bonds is 12. The van der Waals surface area contributed by atoms with Crippen molar-refractivity contribution in [1.29, 1.82) is 0 Å². The molecule has 344 valence electrons. The maximum atomic E-state index is 14.1. The number of benzene rings is 6. The molecule has 11 nitrogen and oxygen atoms in total. The van der Waals surface area contributed by atoms with Gasteiger partial charge in [0, 0.05) is 12.8 Å². The van der Waals surface area contributed by atoms with Crippen molar-refractivity contribution >= 4 is 66.2 Å². The minimum Gasteiger partial charge on any atom is -0.484 e. The Morgan fingerprint density at radius 1 is 0.591 bits per heavy atom. The van der Waals surface area contributed by atoms with Crippen molar-refractivity contribution in [3.63, 3.8) is 0 Å². The Labute approximate surface area is 385 Å². The molecule has 2 heterocycles. The predicted molar refractivity (Wildman–Crippen MR) is 236 cm³/mol. The van der Waals surface area contributed by atoms with Crippen molar-refractivity contribution in [1.82, 2.24) is 0 Å². The molecule has 6 aromatic carbocycles. The molecule has 6 aromatic rings. The Balaban J connectivity index is 0.000000196. The van der Waals surface area contributed by atoms with Crippen LogP contribution in [0.25, 0.3) is 0 Å². The van der Waals surface area contributed by atoms with E-state index in [9.17, 15) is 53.5 Å². The summed E-state index contributed by atoms with van der Waals surface area (Å²) < 4.78 is 135. The van der Waals surface area contributed by atoms with Gasteiger partial charge in [-0.1, -0.05) is 47.5 Å². The molecule has 66 heavy (non-hydrogen) atoms. The number of fused-ring (bicyclic) bond motifs is 2. The van der Waals surface area contributed by atoms with Crippen molar-refractivity contribution in [3.8, 4) is 11.5 Å². The monoisotopic (exact) mass is 988 g/mol. The van der Waals surface area contributed by atoms with Gasteiger partial charge in [0.25, 0.3) is 20.0 Å². The predicted octanol–water partition coefficient (Wildman–Crippen LogP) is 8.96. The molecule has 0 fully saturated rings. The fourth-order valence-electron chi connectivity index (χ4n) is 7.11. The van der Waals surface area contributed by atoms with Crippen molar-refractivity contribution in [2.45, 2.75) is 34.8 Å². The van der Waals surface area contributed by atoms with Gasteiger partial charge < -0.3 is 14.6 Å². The number of anilines is 2. The van der Waals surface area contributed by atoms with E-state index < -0.39 is 80.4 Å². The minimum absolute atomic E-state index is 0.0207. The van der Waals surface area contributed by atoms with E-state index in [4.69, 9.17) is 32.7 Å². The Hall–Kier alpha value is -6.05. The summed E-state index contributed by atoms with van der Waals surface area (Å²) >= 11 is 12.0. The fraction of sp³-hybridized carbons (Fsp3) is 0.174. The van der Waals surface area contributed by atoms with Crippen LogP contribution in [-0.4, -0.2) is 72.1 Å². The lowest BCUT2D eigenvalue weighted by atomic mass is 10.0. The Morgan fingerprint density at radius 3 is 1.36 bits per heavy atom. The van der Waals surface area contributed by atoms with E-state index in [0.29, 0.717) is 11.1 Å². The Morgan fingerprint density at radius 2 is 0.985 bits per heavy atom. The van der Waals surface area contributed by atoms with Gasteiger partial charge in [0.15, 0.2) is 11.6 Å². The number of hydrogen-bond donors (Lipinski definition) is 1. The first kappa shape index (κ1) is 47.9. The molecule has 0 unspecified atom stereocenters. The Bertz CT molecular complexity index is 2790. The summed E-state index contributed by atoms with van der Waals surface area (Å²) in [4.78, 5) is 25.0. The number of ketones is 2. The molecule has 8 rings (SSSR count). The first-order chi connectivity index (χ1) is 31.4. The van der Waals surface area contributed by atoms with Crippen LogP contribution in [0.2, 0.25) is 10.0 Å². The molecule has 0 saturated carbocycles. The van der Waals surface area contributed by atoms with Gasteiger partial charge in [-0.2, -0.15) is 0 Å². The van der Waals surface area contributed by atoms with Crippen LogP contribution < -0.4 is 18.1 Å². The van der Waals surface area contributed by atoms with Crippen molar-refractivity contribution in [2.75, 3.05) is 35.0 Å². The van der Waals surface area contributed by atoms with Gasteiger partial charge in [0.1, 0.15) is 53.7 Å². The molecule has 0 aromatic heterocycles. The largest absolute Gasteiger partial charge is 0.484 e. The molecule has 0 aliphatic carbocycles. The maximum absolute atomic E-state index is 14.1. The number of halogens is 7. The average Bonchev–Trinajstić information content (AvgIpc) is 3.28. The molecule has 2 atom stereocenters. The molecule has 0 spiro atoms. The number of aliphatic hydroxyl groups is 1. The maximum Gasteiger partial charge on any atom is 0.264 e. The van der Waals surface area contributed by atoms with E-state index in [1.165, 1.54) is 54.6 Å². The summed E-state index contributed by atoms with van der Waals surface area (Å²) in [6.07, 6.45) is -2.36. The topological polar surface area (TPSA) is 148 Å². The first-order valence-electron chi connectivity index (χ1n) is 19.7. The van der Waals surface area contributed by atoms with Crippen LogP contribution in [-0.2, 0) is 32.9 Å². The zero-order valence-corrected chi connectivity index (χ0v) is 37.2. The summed E-state index contributed by atoms with van der Waals surface area (Å²) in [5.41, 5.74) is 0.511. The average molecular weight is 990 g/mol. The van der Waals surface area contributed by atoms with E-state index in [1.54, 1.807) is 6.07 Å². The highest BCUT2D eigenvalue weighted by atomic mass is 35.5. The number of hydrogen-bond acceptors (Lipinski definition) is 9. The second-order valence-corrected chi connectivity index (χ2v) is 19.3. The highest BCUT2D eigenvalue weighted by Gasteiger charge is 2.37. The second-order valence-electron chi connectivity index (χ2n) is 14.8. The number of alkyl halides is 1. The first-order valence-corrected chi connectivity index (χ1v) is 23.3. The highest BCUT2D eigenvalue weighted by molar-refractivity contribution is 7.93. The number of carbonyl (C=O) groups excluding carboxylic acids is 2. The number of nitrogens with zero attached hydrogens (tertiary/aromatic N) is 2. The lowest BCUT2D eigenvalue weighted by Crippen LogP contribution is -2.45. The number of Topliss-reactive ketones (excluding diaryl/α,β-unsaturated/α-hetero) is 2.